The summed E-state index contributed by atoms with van der Waals surface area (Å²) in [5.74, 6) is -0.0448. The molecule has 2 aromatic rings. The molecule has 1 aliphatic heterocycles. The van der Waals surface area contributed by atoms with E-state index in [0.717, 1.165) is 24.1 Å². The molecule has 1 unspecified atom stereocenters. The van der Waals surface area contributed by atoms with Crippen molar-refractivity contribution in [2.45, 2.75) is 39.7 Å². The predicted octanol–water partition coefficient (Wildman–Crippen LogP) is 1.39. The molecule has 1 amide bonds. The molecule has 2 aromatic heterocycles. The molecular weight excluding hydrogens is 338 g/mol. The summed E-state index contributed by atoms with van der Waals surface area (Å²) in [6.07, 6.45) is 1.86. The normalized spacial score (nSPS) is 17.8. The molecule has 1 saturated heterocycles. The van der Waals surface area contributed by atoms with Crippen LogP contribution in [0.2, 0.25) is 0 Å². The van der Waals surface area contributed by atoms with Crippen molar-refractivity contribution in [1.29, 1.82) is 0 Å². The van der Waals surface area contributed by atoms with Gasteiger partial charge >= 0.3 is 0 Å². The van der Waals surface area contributed by atoms with E-state index in [1.807, 2.05) is 20.8 Å². The molecule has 3 rings (SSSR count). The molecule has 8 heteroatoms. The number of thiazole rings is 1. The summed E-state index contributed by atoms with van der Waals surface area (Å²) < 4.78 is 1.32. The third-order valence-electron chi connectivity index (χ3n) is 4.68. The SMILES string of the molecule is Cc1nc(-c2c(C)c(C)nn(C)c2=O)sc1C(=O)N1CCCC(N)C1. The highest BCUT2D eigenvalue weighted by molar-refractivity contribution is 7.17. The molecule has 0 saturated carbocycles. The second-order valence-corrected chi connectivity index (χ2v) is 7.60. The minimum Gasteiger partial charge on any atom is -0.336 e. The molecular formula is C17H23N5O2S. The van der Waals surface area contributed by atoms with E-state index >= 15 is 0 Å². The first-order chi connectivity index (χ1) is 11.8. The number of carbonyl (C=O) groups excluding carboxylic acids is 1. The maximum Gasteiger partial charge on any atom is 0.277 e. The van der Waals surface area contributed by atoms with Gasteiger partial charge in [0.2, 0.25) is 0 Å². The molecule has 0 aliphatic carbocycles. The van der Waals surface area contributed by atoms with Crippen LogP contribution < -0.4 is 11.3 Å². The van der Waals surface area contributed by atoms with Crippen LogP contribution in [0.5, 0.6) is 0 Å². The van der Waals surface area contributed by atoms with Gasteiger partial charge in [-0.3, -0.25) is 9.59 Å². The van der Waals surface area contributed by atoms with Gasteiger partial charge in [0.25, 0.3) is 11.5 Å². The Kier molecular flexibility index (Phi) is 4.75. The van der Waals surface area contributed by atoms with E-state index in [9.17, 15) is 9.59 Å². The van der Waals surface area contributed by atoms with Crippen LogP contribution in [0.3, 0.4) is 0 Å². The summed E-state index contributed by atoms with van der Waals surface area (Å²) in [5, 5.41) is 4.77. The highest BCUT2D eigenvalue weighted by Gasteiger charge is 2.27. The molecule has 2 N–H and O–H groups in total. The van der Waals surface area contributed by atoms with Gasteiger partial charge in [-0.1, -0.05) is 0 Å². The van der Waals surface area contributed by atoms with Gasteiger partial charge in [0, 0.05) is 26.2 Å². The predicted molar refractivity (Wildman–Crippen MR) is 97.9 cm³/mol. The smallest absolute Gasteiger partial charge is 0.277 e. The molecule has 134 valence electrons. The Morgan fingerprint density at radius 2 is 2.00 bits per heavy atom. The van der Waals surface area contributed by atoms with E-state index in [-0.39, 0.29) is 17.5 Å². The number of aryl methyl sites for hydroxylation is 3. The third kappa shape index (κ3) is 3.23. The standard InChI is InChI=1S/C17H23N5O2S/c1-9-10(2)20-21(4)16(23)13(9)15-19-11(3)14(25-15)17(24)22-7-5-6-12(18)8-22/h12H,5-8,18H2,1-4H3. The van der Waals surface area contributed by atoms with Gasteiger partial charge in [0.15, 0.2) is 0 Å². The van der Waals surface area contributed by atoms with E-state index in [4.69, 9.17) is 5.73 Å². The first kappa shape index (κ1) is 17.8. The van der Waals surface area contributed by atoms with Crippen LogP contribution in [-0.4, -0.2) is 44.7 Å². The number of hydrogen-bond acceptors (Lipinski definition) is 6. The minimum atomic E-state index is -0.198. The molecule has 1 atom stereocenters. The number of nitrogens with zero attached hydrogens (tertiary/aromatic N) is 4. The molecule has 1 aliphatic rings. The average molecular weight is 361 g/mol. The zero-order chi connectivity index (χ0) is 18.3. The Morgan fingerprint density at radius 3 is 2.68 bits per heavy atom. The van der Waals surface area contributed by atoms with Crippen LogP contribution >= 0.6 is 11.3 Å². The van der Waals surface area contributed by atoms with Crippen LogP contribution in [0.15, 0.2) is 4.79 Å². The maximum absolute atomic E-state index is 12.9. The van der Waals surface area contributed by atoms with Gasteiger partial charge in [-0.25, -0.2) is 9.67 Å². The second-order valence-electron chi connectivity index (χ2n) is 6.60. The number of amides is 1. The summed E-state index contributed by atoms with van der Waals surface area (Å²) in [4.78, 5) is 32.3. The minimum absolute atomic E-state index is 0.0304. The Bertz CT molecular complexity index is 886. The lowest BCUT2D eigenvalue weighted by Gasteiger charge is -2.30. The topological polar surface area (TPSA) is 94.1 Å². The summed E-state index contributed by atoms with van der Waals surface area (Å²) in [6.45, 7) is 6.82. The van der Waals surface area contributed by atoms with Crippen molar-refractivity contribution >= 4 is 17.2 Å². The lowest BCUT2D eigenvalue weighted by atomic mass is 10.1. The fourth-order valence-electron chi connectivity index (χ4n) is 3.14. The van der Waals surface area contributed by atoms with Crippen molar-refractivity contribution < 1.29 is 4.79 Å². The molecule has 0 radical (unpaired) electrons. The summed E-state index contributed by atoms with van der Waals surface area (Å²) >= 11 is 1.28. The van der Waals surface area contributed by atoms with Crippen LogP contribution in [-0.2, 0) is 7.05 Å². The number of hydrogen-bond donors (Lipinski definition) is 1. The summed E-state index contributed by atoms with van der Waals surface area (Å²) in [6, 6.07) is 0.0304. The largest absolute Gasteiger partial charge is 0.336 e. The zero-order valence-electron chi connectivity index (χ0n) is 15.0. The van der Waals surface area contributed by atoms with E-state index < -0.39 is 0 Å². The number of aromatic nitrogens is 3. The van der Waals surface area contributed by atoms with Gasteiger partial charge in [-0.2, -0.15) is 5.10 Å². The van der Waals surface area contributed by atoms with E-state index in [1.54, 1.807) is 11.9 Å². The molecule has 0 spiro atoms. The van der Waals surface area contributed by atoms with Gasteiger partial charge in [0.05, 0.1) is 17.0 Å². The van der Waals surface area contributed by atoms with Crippen molar-refractivity contribution in [3.8, 4) is 10.6 Å². The van der Waals surface area contributed by atoms with Gasteiger partial charge in [0.1, 0.15) is 9.88 Å². The number of piperidine rings is 1. The Labute approximate surface area is 150 Å². The number of likely N-dealkylation sites (tertiary alicyclic amines) is 1. The van der Waals surface area contributed by atoms with E-state index in [2.05, 4.69) is 10.1 Å². The Balaban J connectivity index is 2.02. The molecule has 0 bridgehead atoms. The lowest BCUT2D eigenvalue weighted by molar-refractivity contribution is 0.0713. The molecule has 1 fully saturated rings. The Hall–Kier alpha value is -2.06. The number of rotatable bonds is 2. The van der Waals surface area contributed by atoms with Crippen LogP contribution in [0.4, 0.5) is 0 Å². The molecule has 0 aromatic carbocycles. The van der Waals surface area contributed by atoms with Gasteiger partial charge in [-0.15, -0.1) is 11.3 Å². The fourth-order valence-corrected chi connectivity index (χ4v) is 4.27. The first-order valence-electron chi connectivity index (χ1n) is 8.36. The maximum atomic E-state index is 12.9. The molecule has 3 heterocycles. The van der Waals surface area contributed by atoms with Gasteiger partial charge in [-0.05, 0) is 39.2 Å². The van der Waals surface area contributed by atoms with Gasteiger partial charge < -0.3 is 10.6 Å². The second kappa shape index (κ2) is 6.68. The first-order valence-corrected chi connectivity index (χ1v) is 9.18. The molecule has 25 heavy (non-hydrogen) atoms. The van der Waals surface area contributed by atoms with Crippen molar-refractivity contribution in [2.24, 2.45) is 12.8 Å². The van der Waals surface area contributed by atoms with Crippen molar-refractivity contribution in [1.82, 2.24) is 19.7 Å². The highest BCUT2D eigenvalue weighted by atomic mass is 32.1. The van der Waals surface area contributed by atoms with Crippen molar-refractivity contribution in [3.63, 3.8) is 0 Å². The van der Waals surface area contributed by atoms with Crippen LogP contribution in [0, 0.1) is 20.8 Å². The van der Waals surface area contributed by atoms with E-state index in [0.29, 0.717) is 34.2 Å². The average Bonchev–Trinajstić information content (AvgIpc) is 2.94. The van der Waals surface area contributed by atoms with Crippen LogP contribution in [0.1, 0.15) is 39.5 Å². The van der Waals surface area contributed by atoms with Crippen molar-refractivity contribution in [3.05, 3.63) is 32.2 Å². The fraction of sp³-hybridized carbons (Fsp3) is 0.529. The third-order valence-corrected chi connectivity index (χ3v) is 5.84. The zero-order valence-corrected chi connectivity index (χ0v) is 15.8. The quantitative estimate of drug-likeness (QED) is 0.872. The summed E-state index contributed by atoms with van der Waals surface area (Å²) in [5.41, 5.74) is 8.55. The summed E-state index contributed by atoms with van der Waals surface area (Å²) in [7, 11) is 1.62. The number of nitrogens with two attached hydrogens (primary N) is 1. The van der Waals surface area contributed by atoms with Crippen molar-refractivity contribution in [2.75, 3.05) is 13.1 Å². The highest BCUT2D eigenvalue weighted by Crippen LogP contribution is 2.30. The molecule has 7 nitrogen and oxygen atoms in total. The monoisotopic (exact) mass is 361 g/mol. The lowest BCUT2D eigenvalue weighted by Crippen LogP contribution is -2.45. The van der Waals surface area contributed by atoms with E-state index in [1.165, 1.54) is 16.0 Å². The Morgan fingerprint density at radius 1 is 1.28 bits per heavy atom. The van der Waals surface area contributed by atoms with Crippen LogP contribution in [0.25, 0.3) is 10.6 Å². The number of carbonyl (C=O) groups is 1.